The highest BCUT2D eigenvalue weighted by molar-refractivity contribution is 5.81. The fourth-order valence-corrected chi connectivity index (χ4v) is 3.24. The molecule has 0 amide bonds. The van der Waals surface area contributed by atoms with Gasteiger partial charge in [-0.3, -0.25) is 4.79 Å². The van der Waals surface area contributed by atoms with Crippen LogP contribution in [-0.4, -0.2) is 37.7 Å². The van der Waals surface area contributed by atoms with Crippen LogP contribution in [0, 0.1) is 11.8 Å². The fraction of sp³-hybridized carbons (Fsp3) is 0.933. The molecule has 2 aliphatic rings. The summed E-state index contributed by atoms with van der Waals surface area (Å²) in [5, 5.41) is 0. The standard InChI is InChI=1S/C15H27NO3/c1-2-12(11-16)9-14(17)13-3-6-19-15(10-13)4-7-18-8-5-15/h12-13H,2-11,16H2,1H3. The predicted octanol–water partition coefficient (Wildman–Crippen LogP) is 1.91. The van der Waals surface area contributed by atoms with Gasteiger partial charge in [0.2, 0.25) is 0 Å². The van der Waals surface area contributed by atoms with Gasteiger partial charge in [0.15, 0.2) is 0 Å². The molecule has 4 heteroatoms. The van der Waals surface area contributed by atoms with Gasteiger partial charge in [0.1, 0.15) is 5.78 Å². The van der Waals surface area contributed by atoms with Crippen LogP contribution >= 0.6 is 0 Å². The maximum Gasteiger partial charge on any atom is 0.136 e. The predicted molar refractivity (Wildman–Crippen MR) is 73.9 cm³/mol. The van der Waals surface area contributed by atoms with Gasteiger partial charge in [0, 0.05) is 32.2 Å². The molecule has 0 saturated carbocycles. The van der Waals surface area contributed by atoms with Crippen LogP contribution in [0.15, 0.2) is 0 Å². The molecule has 2 unspecified atom stereocenters. The van der Waals surface area contributed by atoms with Gasteiger partial charge in [-0.25, -0.2) is 0 Å². The Morgan fingerprint density at radius 1 is 1.37 bits per heavy atom. The Morgan fingerprint density at radius 2 is 2.11 bits per heavy atom. The van der Waals surface area contributed by atoms with Gasteiger partial charge >= 0.3 is 0 Å². The number of hydrogen-bond donors (Lipinski definition) is 1. The third-order valence-electron chi connectivity index (χ3n) is 4.75. The number of rotatable bonds is 5. The second-order valence-electron chi connectivity index (χ2n) is 6.01. The highest BCUT2D eigenvalue weighted by Crippen LogP contribution is 2.38. The summed E-state index contributed by atoms with van der Waals surface area (Å²) < 4.78 is 11.4. The SMILES string of the molecule is CCC(CN)CC(=O)C1CCOC2(CCOCC2)C1. The molecule has 2 atom stereocenters. The van der Waals surface area contributed by atoms with Crippen LogP contribution in [-0.2, 0) is 14.3 Å². The Kier molecular flexibility index (Phi) is 5.37. The van der Waals surface area contributed by atoms with Crippen molar-refractivity contribution in [1.82, 2.24) is 0 Å². The number of carbonyl (C=O) groups excluding carboxylic acids is 1. The molecule has 0 bridgehead atoms. The van der Waals surface area contributed by atoms with Gasteiger partial charge in [-0.2, -0.15) is 0 Å². The van der Waals surface area contributed by atoms with Crippen molar-refractivity contribution in [1.29, 1.82) is 0 Å². The smallest absolute Gasteiger partial charge is 0.136 e. The van der Waals surface area contributed by atoms with Gasteiger partial charge < -0.3 is 15.2 Å². The van der Waals surface area contributed by atoms with E-state index in [1.807, 2.05) is 0 Å². The van der Waals surface area contributed by atoms with E-state index >= 15 is 0 Å². The van der Waals surface area contributed by atoms with Gasteiger partial charge in [-0.15, -0.1) is 0 Å². The van der Waals surface area contributed by atoms with Crippen molar-refractivity contribution < 1.29 is 14.3 Å². The molecule has 0 aromatic carbocycles. The minimum Gasteiger partial charge on any atom is -0.381 e. The fourth-order valence-electron chi connectivity index (χ4n) is 3.24. The van der Waals surface area contributed by atoms with Gasteiger partial charge in [-0.1, -0.05) is 13.3 Å². The summed E-state index contributed by atoms with van der Waals surface area (Å²) in [4.78, 5) is 12.4. The number of Topliss-reactive ketones (excluding diaryl/α,β-unsaturated/α-hetero) is 1. The van der Waals surface area contributed by atoms with Gasteiger partial charge in [0.25, 0.3) is 0 Å². The first-order chi connectivity index (χ1) is 9.19. The minimum absolute atomic E-state index is 0.0821. The summed E-state index contributed by atoms with van der Waals surface area (Å²) >= 11 is 0. The first-order valence-corrected chi connectivity index (χ1v) is 7.63. The second-order valence-corrected chi connectivity index (χ2v) is 6.01. The van der Waals surface area contributed by atoms with Crippen LogP contribution in [0.1, 0.15) is 45.4 Å². The molecule has 2 rings (SSSR count). The Morgan fingerprint density at radius 3 is 2.74 bits per heavy atom. The van der Waals surface area contributed by atoms with Crippen LogP contribution < -0.4 is 5.73 Å². The molecule has 19 heavy (non-hydrogen) atoms. The first-order valence-electron chi connectivity index (χ1n) is 7.63. The normalized spacial score (nSPS) is 28.2. The Bertz CT molecular complexity index is 290. The van der Waals surface area contributed by atoms with Crippen molar-refractivity contribution in [3.63, 3.8) is 0 Å². The van der Waals surface area contributed by atoms with E-state index in [1.54, 1.807) is 0 Å². The second kappa shape index (κ2) is 6.82. The van der Waals surface area contributed by atoms with Crippen molar-refractivity contribution >= 4 is 5.78 Å². The third-order valence-corrected chi connectivity index (χ3v) is 4.75. The maximum absolute atomic E-state index is 12.4. The molecule has 2 heterocycles. The topological polar surface area (TPSA) is 61.6 Å². The molecule has 2 fully saturated rings. The Labute approximate surface area is 116 Å². The average Bonchev–Trinajstić information content (AvgIpc) is 2.45. The van der Waals surface area contributed by atoms with Crippen molar-refractivity contribution in [2.45, 2.75) is 51.0 Å². The van der Waals surface area contributed by atoms with E-state index in [9.17, 15) is 4.79 Å². The quantitative estimate of drug-likeness (QED) is 0.828. The summed E-state index contributed by atoms with van der Waals surface area (Å²) in [6.45, 7) is 4.97. The number of carbonyl (C=O) groups is 1. The molecule has 0 aliphatic carbocycles. The lowest BCUT2D eigenvalue weighted by Gasteiger charge is -2.43. The maximum atomic E-state index is 12.4. The van der Waals surface area contributed by atoms with E-state index in [-0.39, 0.29) is 11.5 Å². The van der Waals surface area contributed by atoms with E-state index < -0.39 is 0 Å². The number of ketones is 1. The van der Waals surface area contributed by atoms with Crippen molar-refractivity contribution in [2.75, 3.05) is 26.4 Å². The van der Waals surface area contributed by atoms with E-state index in [1.165, 1.54) is 0 Å². The first kappa shape index (κ1) is 14.9. The van der Waals surface area contributed by atoms with Crippen molar-refractivity contribution in [3.05, 3.63) is 0 Å². The highest BCUT2D eigenvalue weighted by Gasteiger charge is 2.41. The molecule has 2 saturated heterocycles. The number of ether oxygens (including phenoxy) is 2. The molecule has 0 aromatic rings. The minimum atomic E-state index is -0.0821. The molecule has 2 N–H and O–H groups in total. The number of nitrogens with two attached hydrogens (primary N) is 1. The molecule has 0 aromatic heterocycles. The number of hydrogen-bond acceptors (Lipinski definition) is 4. The average molecular weight is 269 g/mol. The Balaban J connectivity index is 1.91. The van der Waals surface area contributed by atoms with Crippen LogP contribution in [0.4, 0.5) is 0 Å². The lowest BCUT2D eigenvalue weighted by Crippen LogP contribution is -2.46. The van der Waals surface area contributed by atoms with Crippen LogP contribution in [0.25, 0.3) is 0 Å². The van der Waals surface area contributed by atoms with Crippen LogP contribution in [0.2, 0.25) is 0 Å². The Hall–Kier alpha value is -0.450. The summed E-state index contributed by atoms with van der Waals surface area (Å²) in [5.41, 5.74) is 5.62. The molecule has 4 nitrogen and oxygen atoms in total. The molecule has 1 spiro atoms. The lowest BCUT2D eigenvalue weighted by atomic mass is 9.77. The van der Waals surface area contributed by atoms with E-state index in [0.717, 1.165) is 51.9 Å². The largest absolute Gasteiger partial charge is 0.381 e. The third kappa shape index (κ3) is 3.77. The highest BCUT2D eigenvalue weighted by atomic mass is 16.5. The zero-order valence-corrected chi connectivity index (χ0v) is 12.0. The van der Waals surface area contributed by atoms with Crippen molar-refractivity contribution in [3.8, 4) is 0 Å². The summed E-state index contributed by atoms with van der Waals surface area (Å²) in [7, 11) is 0. The monoisotopic (exact) mass is 269 g/mol. The molecule has 2 aliphatic heterocycles. The summed E-state index contributed by atoms with van der Waals surface area (Å²) in [6.07, 6.45) is 5.27. The van der Waals surface area contributed by atoms with Gasteiger partial charge in [-0.05, 0) is 38.1 Å². The zero-order valence-electron chi connectivity index (χ0n) is 12.0. The molecular weight excluding hydrogens is 242 g/mol. The van der Waals surface area contributed by atoms with Crippen molar-refractivity contribution in [2.24, 2.45) is 17.6 Å². The van der Waals surface area contributed by atoms with E-state index in [2.05, 4.69) is 6.92 Å². The lowest BCUT2D eigenvalue weighted by molar-refractivity contribution is -0.157. The summed E-state index contributed by atoms with van der Waals surface area (Å²) in [5.74, 6) is 0.917. The summed E-state index contributed by atoms with van der Waals surface area (Å²) in [6, 6.07) is 0. The zero-order chi connectivity index (χ0) is 13.7. The molecule has 110 valence electrons. The molecular formula is C15H27NO3. The van der Waals surface area contributed by atoms with Gasteiger partial charge in [0.05, 0.1) is 5.60 Å². The van der Waals surface area contributed by atoms with E-state index in [0.29, 0.717) is 24.7 Å². The van der Waals surface area contributed by atoms with Crippen LogP contribution in [0.3, 0.4) is 0 Å². The molecule has 0 radical (unpaired) electrons. The van der Waals surface area contributed by atoms with Crippen LogP contribution in [0.5, 0.6) is 0 Å². The van der Waals surface area contributed by atoms with E-state index in [4.69, 9.17) is 15.2 Å².